The molecule has 0 spiro atoms. The maximum absolute atomic E-state index is 14.2. The van der Waals surface area contributed by atoms with Gasteiger partial charge in [-0.05, 0) is 43.3 Å². The highest BCUT2D eigenvalue weighted by atomic mass is 35.5. The number of hydrogen-bond acceptors (Lipinski definition) is 4. The minimum absolute atomic E-state index is 0.00583. The number of primary amides is 1. The molecule has 1 heterocycles. The molecule has 2 amide bonds. The van der Waals surface area contributed by atoms with E-state index in [0.29, 0.717) is 17.8 Å². The molecule has 9 heteroatoms. The van der Waals surface area contributed by atoms with E-state index >= 15 is 0 Å². The SMILES string of the molecule is CCNC(=O)c1ccc(Nc2cn(-c3c(F)cccc3Cl)nc2C(N)=O)cc1. The average Bonchev–Trinajstić information content (AvgIpc) is 3.06. The van der Waals surface area contributed by atoms with Gasteiger partial charge in [0.2, 0.25) is 0 Å². The van der Waals surface area contributed by atoms with Crippen LogP contribution in [0, 0.1) is 5.82 Å². The van der Waals surface area contributed by atoms with Crippen LogP contribution in [0.3, 0.4) is 0 Å². The number of halogens is 2. The molecule has 0 unspecified atom stereocenters. The van der Waals surface area contributed by atoms with Gasteiger partial charge in [-0.1, -0.05) is 17.7 Å². The number of hydrogen-bond donors (Lipinski definition) is 3. The molecule has 3 aromatic rings. The van der Waals surface area contributed by atoms with Crippen LogP contribution in [0.15, 0.2) is 48.7 Å². The maximum atomic E-state index is 14.2. The molecule has 0 bridgehead atoms. The van der Waals surface area contributed by atoms with Crippen molar-refractivity contribution in [3.05, 3.63) is 70.8 Å². The van der Waals surface area contributed by atoms with Crippen LogP contribution in [0.25, 0.3) is 5.69 Å². The number of anilines is 2. The quantitative estimate of drug-likeness (QED) is 0.590. The van der Waals surface area contributed by atoms with Gasteiger partial charge in [0.1, 0.15) is 11.5 Å². The van der Waals surface area contributed by atoms with Crippen molar-refractivity contribution in [2.24, 2.45) is 5.73 Å². The first kappa shape index (κ1) is 19.4. The Hall–Kier alpha value is -3.39. The summed E-state index contributed by atoms with van der Waals surface area (Å²) in [7, 11) is 0. The normalized spacial score (nSPS) is 10.5. The van der Waals surface area contributed by atoms with E-state index in [4.69, 9.17) is 17.3 Å². The topological polar surface area (TPSA) is 102 Å². The lowest BCUT2D eigenvalue weighted by Gasteiger charge is -2.07. The second-order valence-electron chi connectivity index (χ2n) is 5.83. The highest BCUT2D eigenvalue weighted by Gasteiger charge is 2.18. The van der Waals surface area contributed by atoms with Gasteiger partial charge in [-0.2, -0.15) is 5.10 Å². The van der Waals surface area contributed by atoms with E-state index in [1.807, 2.05) is 6.92 Å². The largest absolute Gasteiger partial charge is 0.364 e. The number of benzene rings is 2. The van der Waals surface area contributed by atoms with Crippen molar-refractivity contribution < 1.29 is 14.0 Å². The van der Waals surface area contributed by atoms with E-state index in [2.05, 4.69) is 15.7 Å². The second kappa shape index (κ2) is 8.10. The molecular weight excluding hydrogens is 385 g/mol. The van der Waals surface area contributed by atoms with Crippen molar-refractivity contribution in [1.82, 2.24) is 15.1 Å². The van der Waals surface area contributed by atoms with Gasteiger partial charge in [-0.3, -0.25) is 9.59 Å². The number of rotatable bonds is 6. The van der Waals surface area contributed by atoms with Crippen LogP contribution in [0.1, 0.15) is 27.8 Å². The standard InChI is InChI=1S/C19H17ClFN5O2/c1-2-23-19(28)11-6-8-12(9-7-11)24-15-10-26(25-16(15)18(22)27)17-13(20)4-3-5-14(17)21/h3-10,24H,2H2,1H3,(H2,22,27)(H,23,28). The summed E-state index contributed by atoms with van der Waals surface area (Å²) in [6.07, 6.45) is 1.42. The lowest BCUT2D eigenvalue weighted by Crippen LogP contribution is -2.22. The Morgan fingerprint density at radius 2 is 1.93 bits per heavy atom. The molecule has 28 heavy (non-hydrogen) atoms. The van der Waals surface area contributed by atoms with Crippen LogP contribution < -0.4 is 16.4 Å². The van der Waals surface area contributed by atoms with E-state index < -0.39 is 11.7 Å². The first-order chi connectivity index (χ1) is 13.4. The zero-order chi connectivity index (χ0) is 20.3. The molecule has 0 saturated carbocycles. The van der Waals surface area contributed by atoms with Crippen molar-refractivity contribution in [3.63, 3.8) is 0 Å². The molecule has 0 radical (unpaired) electrons. The van der Waals surface area contributed by atoms with Gasteiger partial charge >= 0.3 is 0 Å². The maximum Gasteiger partial charge on any atom is 0.271 e. The molecule has 0 atom stereocenters. The van der Waals surface area contributed by atoms with E-state index in [1.165, 1.54) is 24.4 Å². The minimum Gasteiger partial charge on any atom is -0.364 e. The van der Waals surface area contributed by atoms with Crippen LogP contribution in [-0.2, 0) is 0 Å². The summed E-state index contributed by atoms with van der Waals surface area (Å²) in [6, 6.07) is 10.8. The Morgan fingerprint density at radius 3 is 2.54 bits per heavy atom. The Balaban J connectivity index is 1.93. The molecule has 3 rings (SSSR count). The number of nitrogens with zero attached hydrogens (tertiary/aromatic N) is 2. The monoisotopic (exact) mass is 401 g/mol. The van der Waals surface area contributed by atoms with Crippen molar-refractivity contribution in [2.75, 3.05) is 11.9 Å². The number of carbonyl (C=O) groups is 2. The summed E-state index contributed by atoms with van der Waals surface area (Å²) in [4.78, 5) is 23.6. The molecule has 0 aliphatic carbocycles. The first-order valence-electron chi connectivity index (χ1n) is 8.40. The third-order valence-corrected chi connectivity index (χ3v) is 4.18. The third-order valence-electron chi connectivity index (χ3n) is 3.88. The fraction of sp³-hybridized carbons (Fsp3) is 0.105. The summed E-state index contributed by atoms with van der Waals surface area (Å²) >= 11 is 6.06. The fourth-order valence-corrected chi connectivity index (χ4v) is 2.84. The van der Waals surface area contributed by atoms with Gasteiger partial charge in [0.25, 0.3) is 11.8 Å². The molecule has 4 N–H and O–H groups in total. The smallest absolute Gasteiger partial charge is 0.271 e. The van der Waals surface area contributed by atoms with Gasteiger partial charge in [-0.25, -0.2) is 9.07 Å². The zero-order valence-electron chi connectivity index (χ0n) is 14.9. The molecule has 1 aromatic heterocycles. The lowest BCUT2D eigenvalue weighted by molar-refractivity contribution is 0.0954. The van der Waals surface area contributed by atoms with Crippen LogP contribution in [-0.4, -0.2) is 28.1 Å². The van der Waals surface area contributed by atoms with E-state index in [-0.39, 0.29) is 28.0 Å². The summed E-state index contributed by atoms with van der Waals surface area (Å²) in [6.45, 7) is 2.36. The highest BCUT2D eigenvalue weighted by Crippen LogP contribution is 2.27. The van der Waals surface area contributed by atoms with Crippen molar-refractivity contribution >= 4 is 34.8 Å². The Kier molecular flexibility index (Phi) is 5.60. The lowest BCUT2D eigenvalue weighted by atomic mass is 10.2. The van der Waals surface area contributed by atoms with E-state index in [9.17, 15) is 14.0 Å². The predicted molar refractivity (Wildman–Crippen MR) is 105 cm³/mol. The van der Waals surface area contributed by atoms with Gasteiger partial charge in [0.15, 0.2) is 5.69 Å². The highest BCUT2D eigenvalue weighted by molar-refractivity contribution is 6.32. The predicted octanol–water partition coefficient (Wildman–Crippen LogP) is 3.26. The number of nitrogens with two attached hydrogens (primary N) is 1. The van der Waals surface area contributed by atoms with Gasteiger partial charge in [0.05, 0.1) is 16.9 Å². The number of para-hydroxylation sites is 1. The van der Waals surface area contributed by atoms with Crippen molar-refractivity contribution in [1.29, 1.82) is 0 Å². The van der Waals surface area contributed by atoms with Crippen molar-refractivity contribution in [3.8, 4) is 5.69 Å². The average molecular weight is 402 g/mol. The van der Waals surface area contributed by atoms with Crippen LogP contribution in [0.5, 0.6) is 0 Å². The van der Waals surface area contributed by atoms with Crippen LogP contribution >= 0.6 is 11.6 Å². The van der Waals surface area contributed by atoms with Gasteiger partial charge in [0, 0.05) is 17.8 Å². The molecule has 144 valence electrons. The molecule has 0 saturated heterocycles. The Labute approximate surface area is 165 Å². The second-order valence-corrected chi connectivity index (χ2v) is 6.24. The summed E-state index contributed by atoms with van der Waals surface area (Å²) in [5.74, 6) is -1.56. The number of nitrogens with one attached hydrogen (secondary N) is 2. The molecule has 2 aromatic carbocycles. The summed E-state index contributed by atoms with van der Waals surface area (Å²) in [5.41, 5.74) is 6.69. The summed E-state index contributed by atoms with van der Waals surface area (Å²) in [5, 5.41) is 9.90. The number of carbonyl (C=O) groups excluding carboxylic acids is 2. The fourth-order valence-electron chi connectivity index (χ4n) is 2.59. The molecule has 0 aliphatic heterocycles. The summed E-state index contributed by atoms with van der Waals surface area (Å²) < 4.78 is 15.3. The Bertz CT molecular complexity index is 1010. The zero-order valence-corrected chi connectivity index (χ0v) is 15.6. The van der Waals surface area contributed by atoms with E-state index in [0.717, 1.165) is 4.68 Å². The van der Waals surface area contributed by atoms with E-state index in [1.54, 1.807) is 24.3 Å². The molecule has 0 aliphatic rings. The third kappa shape index (κ3) is 3.96. The van der Waals surface area contributed by atoms with Crippen LogP contribution in [0.4, 0.5) is 15.8 Å². The van der Waals surface area contributed by atoms with Gasteiger partial charge in [-0.15, -0.1) is 0 Å². The van der Waals surface area contributed by atoms with Crippen LogP contribution in [0.2, 0.25) is 5.02 Å². The number of aromatic nitrogens is 2. The first-order valence-corrected chi connectivity index (χ1v) is 8.77. The minimum atomic E-state index is -0.785. The molecular formula is C19H17ClFN5O2. The Morgan fingerprint density at radius 1 is 1.21 bits per heavy atom. The van der Waals surface area contributed by atoms with Gasteiger partial charge < -0.3 is 16.4 Å². The number of amides is 2. The van der Waals surface area contributed by atoms with Crippen molar-refractivity contribution in [2.45, 2.75) is 6.92 Å². The molecule has 0 fully saturated rings. The molecule has 7 nitrogen and oxygen atoms in total.